The average molecular weight is 863 g/mol. The van der Waals surface area contributed by atoms with Crippen LogP contribution in [-0.2, 0) is 42.9 Å². The number of hydrogen-bond donors (Lipinski definition) is 3. The number of hydrogen-bond acceptors (Lipinski definition) is 11. The molecule has 4 aromatic carbocycles. The van der Waals surface area contributed by atoms with Gasteiger partial charge in [0.25, 0.3) is 0 Å². The topological polar surface area (TPSA) is 193 Å². The summed E-state index contributed by atoms with van der Waals surface area (Å²) in [4.78, 5) is 77.5. The molecule has 0 fully saturated rings. The van der Waals surface area contributed by atoms with E-state index in [0.717, 1.165) is 44.5 Å². The molecule has 0 radical (unpaired) electrons. The maximum Gasteiger partial charge on any atom is 0.407 e. The second-order valence-corrected chi connectivity index (χ2v) is 15.9. The number of carboxylic acid groups (broad SMARTS) is 1. The molecule has 0 spiro atoms. The maximum atomic E-state index is 13.8. The van der Waals surface area contributed by atoms with Gasteiger partial charge < -0.3 is 39.4 Å². The summed E-state index contributed by atoms with van der Waals surface area (Å²) in [6.07, 6.45) is -3.07. The van der Waals surface area contributed by atoms with Gasteiger partial charge in [-0.3, -0.25) is 9.59 Å². The number of carboxylic acids is 1. The van der Waals surface area contributed by atoms with Crippen molar-refractivity contribution in [3.63, 3.8) is 0 Å². The maximum absolute atomic E-state index is 13.8. The molecule has 0 saturated carbocycles. The van der Waals surface area contributed by atoms with Gasteiger partial charge in [-0.05, 0) is 56.3 Å². The lowest BCUT2D eigenvalue weighted by Crippen LogP contribution is -2.49. The van der Waals surface area contributed by atoms with Crippen LogP contribution in [0.25, 0.3) is 22.3 Å². The molecule has 332 valence electrons. The Morgan fingerprint density at radius 2 is 0.921 bits per heavy atom. The molecule has 0 aromatic heterocycles. The first kappa shape index (κ1) is 45.8. The SMILES string of the molecule is CC[C@H](C)[C@H](NC(=O)OCC1c2ccccc2-c2ccccc21)C(=O)OCC(COC(=O)CCC(=O)O)OC(=O)[C@@H](NC(=O)OCC1c2ccccc2-c2ccccc21)[C@@H](C)CC. The molecule has 3 N–H and O–H groups in total. The zero-order chi connectivity index (χ0) is 45.0. The van der Waals surface area contributed by atoms with Crippen LogP contribution in [0.2, 0.25) is 0 Å². The molecular formula is C49H54N2O12. The standard InChI is InChI=1S/C49H54N2O12/c1-5-29(3)44(50-48(57)61-27-40-36-19-11-7-15-32(36)33-16-8-12-20-37(33)40)46(55)60-26-31(25-59-43(54)24-23-42(52)53)63-47(56)45(30(4)6-2)51-49(58)62-28-41-38-21-13-9-17-34(38)35-18-10-14-22-39(35)41/h7-22,29-31,40-41,44-45H,5-6,23-28H2,1-4H3,(H,50,57)(H,51,58)(H,52,53)/t29-,30-,31?,44-,45-/m0/s1. The molecule has 0 saturated heterocycles. The number of aliphatic carboxylic acids is 1. The smallest absolute Gasteiger partial charge is 0.407 e. The van der Waals surface area contributed by atoms with E-state index >= 15 is 0 Å². The van der Waals surface area contributed by atoms with Crippen LogP contribution in [0, 0.1) is 11.8 Å². The Kier molecular flexibility index (Phi) is 15.6. The van der Waals surface area contributed by atoms with Gasteiger partial charge in [0.15, 0.2) is 6.10 Å². The highest BCUT2D eigenvalue weighted by molar-refractivity contribution is 5.84. The van der Waals surface area contributed by atoms with Crippen molar-refractivity contribution in [2.45, 2.75) is 83.4 Å². The number of carbonyl (C=O) groups is 6. The molecule has 1 unspecified atom stereocenters. The number of carbonyl (C=O) groups excluding carboxylic acids is 5. The number of nitrogens with one attached hydrogen (secondary N) is 2. The van der Waals surface area contributed by atoms with E-state index in [1.54, 1.807) is 13.8 Å². The summed E-state index contributed by atoms with van der Waals surface area (Å²) < 4.78 is 28.0. The third-order valence-corrected chi connectivity index (χ3v) is 11.8. The predicted molar refractivity (Wildman–Crippen MR) is 232 cm³/mol. The largest absolute Gasteiger partial charge is 0.481 e. The summed E-state index contributed by atoms with van der Waals surface area (Å²) in [5.41, 5.74) is 8.33. The Morgan fingerprint density at radius 1 is 0.540 bits per heavy atom. The van der Waals surface area contributed by atoms with Gasteiger partial charge in [0, 0.05) is 11.8 Å². The molecular weight excluding hydrogens is 809 g/mol. The minimum absolute atomic E-state index is 0.00836. The quantitative estimate of drug-likeness (QED) is 0.0579. The van der Waals surface area contributed by atoms with E-state index in [2.05, 4.69) is 10.6 Å². The molecule has 0 aliphatic heterocycles. The fraction of sp³-hybridized carbons (Fsp3) is 0.388. The third-order valence-electron chi connectivity index (χ3n) is 11.8. The van der Waals surface area contributed by atoms with Gasteiger partial charge in [0.05, 0.1) is 12.8 Å². The summed E-state index contributed by atoms with van der Waals surface area (Å²) in [6.45, 7) is 5.99. The van der Waals surface area contributed by atoms with Crippen LogP contribution in [0.5, 0.6) is 0 Å². The molecule has 14 nitrogen and oxygen atoms in total. The van der Waals surface area contributed by atoms with E-state index in [1.807, 2.05) is 111 Å². The van der Waals surface area contributed by atoms with E-state index in [0.29, 0.717) is 12.8 Å². The van der Waals surface area contributed by atoms with Crippen molar-refractivity contribution in [2.75, 3.05) is 26.4 Å². The minimum atomic E-state index is -1.38. The highest BCUT2D eigenvalue weighted by Crippen LogP contribution is 2.45. The molecule has 2 aliphatic carbocycles. The van der Waals surface area contributed by atoms with E-state index in [-0.39, 0.29) is 25.0 Å². The predicted octanol–water partition coefficient (Wildman–Crippen LogP) is 7.76. The van der Waals surface area contributed by atoms with Crippen LogP contribution in [0.3, 0.4) is 0 Å². The van der Waals surface area contributed by atoms with Gasteiger partial charge in [0.1, 0.15) is 38.5 Å². The van der Waals surface area contributed by atoms with Crippen molar-refractivity contribution in [2.24, 2.45) is 11.8 Å². The van der Waals surface area contributed by atoms with Crippen molar-refractivity contribution in [3.05, 3.63) is 119 Å². The van der Waals surface area contributed by atoms with Crippen LogP contribution in [-0.4, -0.2) is 85.8 Å². The van der Waals surface area contributed by atoms with Gasteiger partial charge in [-0.15, -0.1) is 0 Å². The van der Waals surface area contributed by atoms with Crippen molar-refractivity contribution < 1.29 is 57.6 Å². The molecule has 6 rings (SSSR count). The molecule has 2 amide bonds. The zero-order valence-electron chi connectivity index (χ0n) is 35.9. The summed E-state index contributed by atoms with van der Waals surface area (Å²) in [5.74, 6) is -5.14. The fourth-order valence-corrected chi connectivity index (χ4v) is 7.96. The first-order valence-electron chi connectivity index (χ1n) is 21.4. The Bertz CT molecular complexity index is 2200. The fourth-order valence-electron chi connectivity index (χ4n) is 7.96. The lowest BCUT2D eigenvalue weighted by atomic mass is 9.98. The number of amides is 2. The summed E-state index contributed by atoms with van der Waals surface area (Å²) in [7, 11) is 0. The van der Waals surface area contributed by atoms with E-state index in [4.69, 9.17) is 28.8 Å². The van der Waals surface area contributed by atoms with Gasteiger partial charge >= 0.3 is 36.1 Å². The molecule has 14 heteroatoms. The van der Waals surface area contributed by atoms with Crippen LogP contribution >= 0.6 is 0 Å². The van der Waals surface area contributed by atoms with Crippen LogP contribution in [0.1, 0.15) is 87.5 Å². The van der Waals surface area contributed by atoms with Crippen molar-refractivity contribution in [1.29, 1.82) is 0 Å². The molecule has 4 aromatic rings. The van der Waals surface area contributed by atoms with Crippen molar-refractivity contribution in [3.8, 4) is 22.3 Å². The lowest BCUT2D eigenvalue weighted by molar-refractivity contribution is -0.170. The highest BCUT2D eigenvalue weighted by atomic mass is 16.6. The molecule has 0 bridgehead atoms. The average Bonchev–Trinajstić information content (AvgIpc) is 3.80. The van der Waals surface area contributed by atoms with Crippen LogP contribution < -0.4 is 10.6 Å². The monoisotopic (exact) mass is 862 g/mol. The first-order valence-corrected chi connectivity index (χ1v) is 21.4. The van der Waals surface area contributed by atoms with Crippen molar-refractivity contribution >= 4 is 36.1 Å². The molecule has 0 heterocycles. The van der Waals surface area contributed by atoms with Crippen molar-refractivity contribution in [1.82, 2.24) is 10.6 Å². The second-order valence-electron chi connectivity index (χ2n) is 15.9. The van der Waals surface area contributed by atoms with Crippen LogP contribution in [0.15, 0.2) is 97.1 Å². The Balaban J connectivity index is 1.09. The molecule has 2 aliphatic rings. The zero-order valence-corrected chi connectivity index (χ0v) is 35.9. The first-order chi connectivity index (χ1) is 30.4. The summed E-state index contributed by atoms with van der Waals surface area (Å²) >= 11 is 0. The number of benzene rings is 4. The van der Waals surface area contributed by atoms with Gasteiger partial charge in [-0.2, -0.15) is 0 Å². The number of ether oxygens (including phenoxy) is 5. The lowest BCUT2D eigenvalue weighted by Gasteiger charge is -2.27. The van der Waals surface area contributed by atoms with Gasteiger partial charge in [0.2, 0.25) is 0 Å². The highest BCUT2D eigenvalue weighted by Gasteiger charge is 2.35. The van der Waals surface area contributed by atoms with E-state index < -0.39 is 92.1 Å². The Morgan fingerprint density at radius 3 is 1.32 bits per heavy atom. The van der Waals surface area contributed by atoms with E-state index in [1.165, 1.54) is 0 Å². The Hall–Kier alpha value is -6.70. The normalized spacial score (nSPS) is 14.9. The number of rotatable bonds is 20. The van der Waals surface area contributed by atoms with Gasteiger partial charge in [-0.25, -0.2) is 19.2 Å². The van der Waals surface area contributed by atoms with Crippen LogP contribution in [0.4, 0.5) is 9.59 Å². The summed E-state index contributed by atoms with van der Waals surface area (Å²) in [5, 5.41) is 14.3. The van der Waals surface area contributed by atoms with Gasteiger partial charge in [-0.1, -0.05) is 138 Å². The van der Waals surface area contributed by atoms with E-state index in [9.17, 15) is 28.8 Å². The number of alkyl carbamates (subject to hydrolysis) is 2. The minimum Gasteiger partial charge on any atom is -0.481 e. The summed E-state index contributed by atoms with van der Waals surface area (Å²) in [6, 6.07) is 29.2. The third kappa shape index (κ3) is 11.2. The molecule has 5 atom stereocenters. The molecule has 63 heavy (non-hydrogen) atoms. The second kappa shape index (κ2) is 21.4. The number of fused-ring (bicyclic) bond motifs is 6. The number of esters is 3. The Labute approximate surface area is 366 Å².